The Morgan fingerprint density at radius 3 is 2.86 bits per heavy atom. The minimum absolute atomic E-state index is 0.197. The van der Waals surface area contributed by atoms with Crippen LogP contribution >= 0.6 is 11.3 Å². The number of carboxylic acid groups (broad SMARTS) is 1. The lowest BCUT2D eigenvalue weighted by Gasteiger charge is -2.14. The van der Waals surface area contributed by atoms with E-state index >= 15 is 0 Å². The van der Waals surface area contributed by atoms with Gasteiger partial charge in [0.2, 0.25) is 5.82 Å². The second-order valence-corrected chi connectivity index (χ2v) is 8.35. The fraction of sp³-hybridized carbons (Fsp3) is 0.474. The summed E-state index contributed by atoms with van der Waals surface area (Å²) in [6.45, 7) is 4.15. The van der Waals surface area contributed by atoms with Gasteiger partial charge in [-0.05, 0) is 45.2 Å². The van der Waals surface area contributed by atoms with Crippen LogP contribution in [0.5, 0.6) is 0 Å². The topological polar surface area (TPSA) is 102 Å². The Hall–Kier alpha value is -2.52. The molecule has 0 aromatic carbocycles. The fourth-order valence-electron chi connectivity index (χ4n) is 3.49. The Kier molecular flexibility index (Phi) is 5.03. The highest BCUT2D eigenvalue weighted by Crippen LogP contribution is 2.36. The number of rotatable bonds is 6. The van der Waals surface area contributed by atoms with Gasteiger partial charge in [0.25, 0.3) is 0 Å². The summed E-state index contributed by atoms with van der Waals surface area (Å²) in [5, 5.41) is 18.3. The number of carbonyl (C=O) groups is 1. The molecule has 1 aliphatic carbocycles. The van der Waals surface area contributed by atoms with Crippen molar-refractivity contribution in [3.05, 3.63) is 24.2 Å². The Labute approximate surface area is 166 Å². The average molecular weight is 401 g/mol. The summed E-state index contributed by atoms with van der Waals surface area (Å²) in [6, 6.07) is 4.43. The van der Waals surface area contributed by atoms with E-state index in [2.05, 4.69) is 34.2 Å². The van der Waals surface area contributed by atoms with Crippen LogP contribution < -0.4 is 5.32 Å². The predicted octanol–water partition coefficient (Wildman–Crippen LogP) is 3.81. The lowest BCUT2D eigenvalue weighted by molar-refractivity contribution is 0.0684. The van der Waals surface area contributed by atoms with Crippen LogP contribution in [0.1, 0.15) is 49.8 Å². The van der Waals surface area contributed by atoms with Crippen molar-refractivity contribution in [2.45, 2.75) is 51.3 Å². The Balaban J connectivity index is 1.72. The van der Waals surface area contributed by atoms with E-state index in [1.54, 1.807) is 7.11 Å². The average Bonchev–Trinajstić information content (AvgIpc) is 3.39. The van der Waals surface area contributed by atoms with E-state index in [0.29, 0.717) is 10.6 Å². The lowest BCUT2D eigenvalue weighted by atomic mass is 10.2. The minimum atomic E-state index is -1.13. The van der Waals surface area contributed by atoms with E-state index in [0.717, 1.165) is 35.2 Å². The number of hydrogen-bond acceptors (Lipinski definition) is 7. The van der Waals surface area contributed by atoms with Gasteiger partial charge in [-0.15, -0.1) is 11.3 Å². The zero-order chi connectivity index (χ0) is 19.8. The lowest BCUT2D eigenvalue weighted by Crippen LogP contribution is -2.19. The van der Waals surface area contributed by atoms with Crippen LogP contribution in [0.2, 0.25) is 0 Å². The molecule has 0 aliphatic heterocycles. The van der Waals surface area contributed by atoms with Gasteiger partial charge in [-0.25, -0.2) is 14.8 Å². The highest BCUT2D eigenvalue weighted by Gasteiger charge is 2.26. The number of carboxylic acids is 1. The first-order valence-electron chi connectivity index (χ1n) is 9.34. The molecule has 0 radical (unpaired) electrons. The van der Waals surface area contributed by atoms with E-state index < -0.39 is 5.97 Å². The van der Waals surface area contributed by atoms with E-state index in [9.17, 15) is 9.90 Å². The molecule has 8 nitrogen and oxygen atoms in total. The quantitative estimate of drug-likeness (QED) is 0.647. The van der Waals surface area contributed by atoms with Crippen LogP contribution in [-0.4, -0.2) is 50.1 Å². The summed E-state index contributed by atoms with van der Waals surface area (Å²) in [7, 11) is 1.72. The number of fused-ring (bicyclic) bond motifs is 1. The monoisotopic (exact) mass is 401 g/mol. The largest absolute Gasteiger partial charge is 0.475 e. The van der Waals surface area contributed by atoms with Gasteiger partial charge >= 0.3 is 5.97 Å². The number of methoxy groups -OCH3 is 1. The Morgan fingerprint density at radius 1 is 1.39 bits per heavy atom. The maximum Gasteiger partial charge on any atom is 0.374 e. The molecule has 9 heteroatoms. The molecule has 2 atom stereocenters. The first-order valence-corrected chi connectivity index (χ1v) is 10.2. The summed E-state index contributed by atoms with van der Waals surface area (Å²) >= 11 is 1.43. The Bertz CT molecular complexity index is 1010. The van der Waals surface area contributed by atoms with E-state index in [4.69, 9.17) is 4.74 Å². The third kappa shape index (κ3) is 3.59. The molecule has 0 bridgehead atoms. The van der Waals surface area contributed by atoms with Gasteiger partial charge in [0.1, 0.15) is 16.3 Å². The molecule has 3 aromatic heterocycles. The van der Waals surface area contributed by atoms with Crippen molar-refractivity contribution in [2.75, 3.05) is 12.4 Å². The zero-order valence-corrected chi connectivity index (χ0v) is 16.9. The molecular weight excluding hydrogens is 378 g/mol. The fourth-order valence-corrected chi connectivity index (χ4v) is 4.49. The molecule has 2 N–H and O–H groups in total. The van der Waals surface area contributed by atoms with Crippen molar-refractivity contribution >= 4 is 33.3 Å². The molecule has 0 saturated heterocycles. The maximum atomic E-state index is 11.5. The summed E-state index contributed by atoms with van der Waals surface area (Å²) in [4.78, 5) is 21.6. The number of nitrogens with one attached hydrogen (secondary N) is 1. The molecule has 1 aliphatic rings. The van der Waals surface area contributed by atoms with Gasteiger partial charge in [-0.1, -0.05) is 0 Å². The van der Waals surface area contributed by atoms with Crippen molar-refractivity contribution in [3.63, 3.8) is 0 Å². The Morgan fingerprint density at radius 2 is 2.21 bits per heavy atom. The number of anilines is 1. The van der Waals surface area contributed by atoms with E-state index in [1.807, 2.05) is 23.0 Å². The van der Waals surface area contributed by atoms with E-state index in [1.165, 1.54) is 11.3 Å². The highest BCUT2D eigenvalue weighted by molar-refractivity contribution is 7.21. The molecule has 1 saturated carbocycles. The van der Waals surface area contributed by atoms with Crippen molar-refractivity contribution < 1.29 is 14.6 Å². The van der Waals surface area contributed by atoms with Gasteiger partial charge < -0.3 is 15.2 Å². The molecule has 3 heterocycles. The second-order valence-electron chi connectivity index (χ2n) is 7.32. The molecule has 0 unspecified atom stereocenters. The van der Waals surface area contributed by atoms with Gasteiger partial charge in [-0.2, -0.15) is 5.10 Å². The smallest absolute Gasteiger partial charge is 0.374 e. The second kappa shape index (κ2) is 7.48. The highest BCUT2D eigenvalue weighted by atomic mass is 32.1. The molecule has 0 spiro atoms. The van der Waals surface area contributed by atoms with Gasteiger partial charge in [0, 0.05) is 25.4 Å². The summed E-state index contributed by atoms with van der Waals surface area (Å²) in [5.74, 6) is -0.766. The van der Waals surface area contributed by atoms with Crippen molar-refractivity contribution in [1.29, 1.82) is 0 Å². The number of nitrogens with zero attached hydrogens (tertiary/aromatic N) is 4. The van der Waals surface area contributed by atoms with Gasteiger partial charge in [-0.3, -0.25) is 4.68 Å². The SMILES string of the molecule is CO[C@H]1CC[C@@H](Nc2nc(C(=O)O)nc3sc(-c4ccn(C(C)C)n4)cc23)C1. The maximum absolute atomic E-state index is 11.5. The molecule has 28 heavy (non-hydrogen) atoms. The van der Waals surface area contributed by atoms with Crippen LogP contribution in [0.3, 0.4) is 0 Å². The number of thiophene rings is 1. The zero-order valence-electron chi connectivity index (χ0n) is 16.0. The predicted molar refractivity (Wildman–Crippen MR) is 108 cm³/mol. The van der Waals surface area contributed by atoms with Crippen molar-refractivity contribution in [1.82, 2.24) is 19.7 Å². The summed E-state index contributed by atoms with van der Waals surface area (Å²) in [5.41, 5.74) is 0.847. The van der Waals surface area contributed by atoms with Crippen molar-refractivity contribution in [3.8, 4) is 10.6 Å². The first-order chi connectivity index (χ1) is 13.4. The number of hydrogen-bond donors (Lipinski definition) is 2. The van der Waals surface area contributed by atoms with Crippen LogP contribution in [0.4, 0.5) is 5.82 Å². The molecule has 4 rings (SSSR count). The van der Waals surface area contributed by atoms with Crippen LogP contribution in [0.25, 0.3) is 20.8 Å². The molecule has 3 aromatic rings. The molecule has 148 valence electrons. The van der Waals surface area contributed by atoms with Crippen LogP contribution in [0, 0.1) is 0 Å². The molecule has 1 fully saturated rings. The molecule has 0 amide bonds. The van der Waals surface area contributed by atoms with E-state index in [-0.39, 0.29) is 24.0 Å². The number of ether oxygens (including phenoxy) is 1. The minimum Gasteiger partial charge on any atom is -0.475 e. The van der Waals surface area contributed by atoms with Crippen LogP contribution in [0.15, 0.2) is 18.3 Å². The van der Waals surface area contributed by atoms with Gasteiger partial charge in [0.05, 0.1) is 16.4 Å². The summed E-state index contributed by atoms with van der Waals surface area (Å²) < 4.78 is 7.34. The van der Waals surface area contributed by atoms with Crippen LogP contribution in [-0.2, 0) is 4.74 Å². The van der Waals surface area contributed by atoms with Crippen molar-refractivity contribution in [2.24, 2.45) is 0 Å². The number of aromatic carboxylic acids is 1. The normalized spacial score (nSPS) is 19.6. The van der Waals surface area contributed by atoms with Gasteiger partial charge in [0.15, 0.2) is 0 Å². The first kappa shape index (κ1) is 18.8. The third-order valence-electron chi connectivity index (χ3n) is 5.03. The standard InChI is InChI=1S/C19H23N5O3S/c1-10(2)24-7-6-14(23-24)15-9-13-16(20-11-4-5-12(8-11)27-3)21-17(19(25)26)22-18(13)28-15/h6-7,9-12H,4-5,8H2,1-3H3,(H,25,26)(H,20,21,22)/t11-,12+/m1/s1. The summed E-state index contributed by atoms with van der Waals surface area (Å²) in [6.07, 6.45) is 4.99. The number of aromatic nitrogens is 4. The molecular formula is C19H23N5O3S. The third-order valence-corrected chi connectivity index (χ3v) is 6.08.